The highest BCUT2D eigenvalue weighted by molar-refractivity contribution is 7.16. The predicted molar refractivity (Wildman–Crippen MR) is 76.4 cm³/mol. The van der Waals surface area contributed by atoms with Crippen molar-refractivity contribution >= 4 is 40.3 Å². The number of hydrogen-bond acceptors (Lipinski definition) is 5. The van der Waals surface area contributed by atoms with Crippen LogP contribution in [0.5, 0.6) is 0 Å². The largest absolute Gasteiger partial charge is 0.478 e. The first kappa shape index (κ1) is 13.2. The fourth-order valence-corrected chi connectivity index (χ4v) is 2.79. The number of carboxylic acid groups (broad SMARTS) is 1. The van der Waals surface area contributed by atoms with Gasteiger partial charge in [-0.1, -0.05) is 23.5 Å². The van der Waals surface area contributed by atoms with Gasteiger partial charge in [0.15, 0.2) is 5.13 Å². The van der Waals surface area contributed by atoms with Crippen LogP contribution in [0.2, 0.25) is 0 Å². The van der Waals surface area contributed by atoms with Crippen molar-refractivity contribution in [2.24, 2.45) is 0 Å². The van der Waals surface area contributed by atoms with Gasteiger partial charge in [-0.2, -0.15) is 0 Å². The average Bonchev–Trinajstić information content (AvgIpc) is 3.02. The van der Waals surface area contributed by atoms with E-state index in [2.05, 4.69) is 4.98 Å². The number of thiazole rings is 1. The van der Waals surface area contributed by atoms with Crippen LogP contribution in [0.25, 0.3) is 6.08 Å². The molecule has 0 aliphatic carbocycles. The summed E-state index contributed by atoms with van der Waals surface area (Å²) in [6.07, 6.45) is 3.75. The van der Waals surface area contributed by atoms with E-state index in [4.69, 9.17) is 5.11 Å². The second kappa shape index (κ2) is 4.95. The summed E-state index contributed by atoms with van der Waals surface area (Å²) in [7, 11) is 0. The molecule has 1 aromatic carbocycles. The Bertz CT molecular complexity index is 759. The average molecular weight is 300 g/mol. The molecule has 0 atom stereocenters. The van der Waals surface area contributed by atoms with Gasteiger partial charge in [0, 0.05) is 17.2 Å². The molecule has 0 bridgehead atoms. The highest BCUT2D eigenvalue weighted by Gasteiger charge is 2.37. The van der Waals surface area contributed by atoms with Gasteiger partial charge in [-0.15, -0.1) is 0 Å². The van der Waals surface area contributed by atoms with E-state index in [1.54, 1.807) is 24.3 Å². The number of benzene rings is 1. The molecule has 0 saturated carbocycles. The second-order valence-corrected chi connectivity index (χ2v) is 5.25. The zero-order chi connectivity index (χ0) is 15.0. The van der Waals surface area contributed by atoms with E-state index >= 15 is 0 Å². The summed E-state index contributed by atoms with van der Waals surface area (Å²) in [5.74, 6) is -1.91. The molecule has 1 aliphatic heterocycles. The zero-order valence-electron chi connectivity index (χ0n) is 10.5. The van der Waals surface area contributed by atoms with Crippen LogP contribution in [0, 0.1) is 0 Å². The SMILES string of the molecule is O=C(O)C=Cc1cnc(N2C(=O)c3ccccc3C2=O)s1. The Kier molecular flexibility index (Phi) is 3.11. The summed E-state index contributed by atoms with van der Waals surface area (Å²) >= 11 is 1.07. The molecule has 7 heteroatoms. The predicted octanol–water partition coefficient (Wildman–Crippen LogP) is 2.04. The molecule has 2 heterocycles. The number of imide groups is 1. The van der Waals surface area contributed by atoms with Crippen molar-refractivity contribution in [3.63, 3.8) is 0 Å². The third kappa shape index (κ3) is 2.23. The molecule has 0 spiro atoms. The van der Waals surface area contributed by atoms with Crippen molar-refractivity contribution in [3.05, 3.63) is 52.5 Å². The summed E-state index contributed by atoms with van der Waals surface area (Å²) in [6, 6.07) is 6.57. The van der Waals surface area contributed by atoms with Crippen LogP contribution in [-0.4, -0.2) is 27.9 Å². The van der Waals surface area contributed by atoms with E-state index < -0.39 is 17.8 Å². The van der Waals surface area contributed by atoms with E-state index in [0.717, 1.165) is 22.3 Å². The van der Waals surface area contributed by atoms with Crippen molar-refractivity contribution in [2.75, 3.05) is 4.90 Å². The van der Waals surface area contributed by atoms with Crippen LogP contribution in [0.1, 0.15) is 25.6 Å². The Hall–Kier alpha value is -2.80. The van der Waals surface area contributed by atoms with Crippen LogP contribution in [-0.2, 0) is 4.79 Å². The third-order valence-electron chi connectivity index (χ3n) is 2.89. The maximum atomic E-state index is 12.2. The Labute approximate surface area is 123 Å². The van der Waals surface area contributed by atoms with Gasteiger partial charge in [-0.25, -0.2) is 14.7 Å². The van der Waals surface area contributed by atoms with E-state index in [9.17, 15) is 14.4 Å². The lowest BCUT2D eigenvalue weighted by molar-refractivity contribution is -0.131. The molecule has 0 radical (unpaired) electrons. The summed E-state index contributed by atoms with van der Waals surface area (Å²) in [5, 5.41) is 8.80. The Morgan fingerprint density at radius 3 is 2.38 bits per heavy atom. The first-order chi connectivity index (χ1) is 10.1. The molecule has 6 nitrogen and oxygen atoms in total. The lowest BCUT2D eigenvalue weighted by atomic mass is 10.1. The topological polar surface area (TPSA) is 87.6 Å². The molecule has 0 fully saturated rings. The van der Waals surface area contributed by atoms with Gasteiger partial charge in [-0.05, 0) is 18.2 Å². The van der Waals surface area contributed by atoms with Crippen LogP contribution in [0.15, 0.2) is 36.5 Å². The van der Waals surface area contributed by atoms with Crippen molar-refractivity contribution in [3.8, 4) is 0 Å². The zero-order valence-corrected chi connectivity index (χ0v) is 11.3. The van der Waals surface area contributed by atoms with Gasteiger partial charge in [0.25, 0.3) is 11.8 Å². The molecular weight excluding hydrogens is 292 g/mol. The van der Waals surface area contributed by atoms with Gasteiger partial charge < -0.3 is 5.11 Å². The van der Waals surface area contributed by atoms with Crippen LogP contribution < -0.4 is 4.90 Å². The fourth-order valence-electron chi connectivity index (χ4n) is 1.97. The van der Waals surface area contributed by atoms with Gasteiger partial charge in [0.05, 0.1) is 11.1 Å². The molecular formula is C14H8N2O4S. The van der Waals surface area contributed by atoms with E-state index in [1.165, 1.54) is 12.3 Å². The molecule has 2 amide bonds. The molecule has 21 heavy (non-hydrogen) atoms. The van der Waals surface area contributed by atoms with Crippen LogP contribution in [0.4, 0.5) is 5.13 Å². The fraction of sp³-hybridized carbons (Fsp3) is 0. The highest BCUT2D eigenvalue weighted by atomic mass is 32.1. The van der Waals surface area contributed by atoms with Gasteiger partial charge in [-0.3, -0.25) is 9.59 Å². The summed E-state index contributed by atoms with van der Waals surface area (Å²) in [5.41, 5.74) is 0.695. The number of nitrogens with zero attached hydrogens (tertiary/aromatic N) is 2. The quantitative estimate of drug-likeness (QED) is 0.692. The first-order valence-corrected chi connectivity index (χ1v) is 6.74. The Morgan fingerprint density at radius 1 is 1.19 bits per heavy atom. The van der Waals surface area contributed by atoms with Crippen molar-refractivity contribution in [1.82, 2.24) is 4.98 Å². The maximum absolute atomic E-state index is 12.2. The number of anilines is 1. The monoisotopic (exact) mass is 300 g/mol. The maximum Gasteiger partial charge on any atom is 0.328 e. The van der Waals surface area contributed by atoms with E-state index in [0.29, 0.717) is 16.0 Å². The second-order valence-electron chi connectivity index (χ2n) is 4.21. The number of aliphatic carboxylic acids is 1. The number of amides is 2. The number of carboxylic acids is 1. The molecule has 1 aromatic heterocycles. The smallest absolute Gasteiger partial charge is 0.328 e. The summed E-state index contributed by atoms with van der Waals surface area (Å²) in [6.45, 7) is 0. The minimum atomic E-state index is -1.08. The molecule has 1 N–H and O–H groups in total. The normalized spacial score (nSPS) is 14.0. The van der Waals surface area contributed by atoms with Crippen LogP contribution >= 0.6 is 11.3 Å². The van der Waals surface area contributed by atoms with Gasteiger partial charge in [0.2, 0.25) is 0 Å². The lowest BCUT2D eigenvalue weighted by Gasteiger charge is -2.08. The van der Waals surface area contributed by atoms with Crippen molar-refractivity contribution < 1.29 is 19.5 Å². The Balaban J connectivity index is 1.94. The van der Waals surface area contributed by atoms with Crippen LogP contribution in [0.3, 0.4) is 0 Å². The molecule has 0 saturated heterocycles. The molecule has 2 aromatic rings. The molecule has 3 rings (SSSR count). The number of rotatable bonds is 3. The van der Waals surface area contributed by atoms with E-state index in [1.807, 2.05) is 0 Å². The number of aromatic nitrogens is 1. The molecule has 1 aliphatic rings. The number of hydrogen-bond donors (Lipinski definition) is 1. The van der Waals surface area contributed by atoms with Gasteiger partial charge >= 0.3 is 5.97 Å². The van der Waals surface area contributed by atoms with E-state index in [-0.39, 0.29) is 5.13 Å². The number of fused-ring (bicyclic) bond motifs is 1. The summed E-state index contributed by atoms with van der Waals surface area (Å²) in [4.78, 5) is 40.5. The first-order valence-electron chi connectivity index (χ1n) is 5.92. The molecule has 104 valence electrons. The van der Waals surface area contributed by atoms with Crippen molar-refractivity contribution in [1.29, 1.82) is 0 Å². The standard InChI is InChI=1S/C14H8N2O4S/c17-11(18)6-5-8-7-15-14(21-8)16-12(19)9-3-1-2-4-10(9)13(16)20/h1-7H,(H,17,18). The third-order valence-corrected chi connectivity index (χ3v) is 3.83. The minimum absolute atomic E-state index is 0.228. The highest BCUT2D eigenvalue weighted by Crippen LogP contribution is 2.31. The van der Waals surface area contributed by atoms with Gasteiger partial charge in [0.1, 0.15) is 0 Å². The minimum Gasteiger partial charge on any atom is -0.478 e. The number of carbonyl (C=O) groups is 3. The summed E-state index contributed by atoms with van der Waals surface area (Å²) < 4.78 is 0. The van der Waals surface area contributed by atoms with Crippen molar-refractivity contribution in [2.45, 2.75) is 0 Å². The molecule has 0 unspecified atom stereocenters. The lowest BCUT2D eigenvalue weighted by Crippen LogP contribution is -2.29. The number of carbonyl (C=O) groups excluding carboxylic acids is 2. The Morgan fingerprint density at radius 2 is 1.81 bits per heavy atom.